The van der Waals surface area contributed by atoms with Gasteiger partial charge in [-0.25, -0.2) is 4.57 Å². The molecule has 0 aliphatic heterocycles. The largest absolute Gasteiger partial charge is 0.508 e. The Morgan fingerprint density at radius 3 is 1.15 bits per heavy atom. The summed E-state index contributed by atoms with van der Waals surface area (Å²) in [6.07, 6.45) is 0. The van der Waals surface area contributed by atoms with Gasteiger partial charge in [0.1, 0.15) is 11.5 Å². The van der Waals surface area contributed by atoms with Gasteiger partial charge in [-0.3, -0.25) is 0 Å². The molecule has 0 aromatic heterocycles. The summed E-state index contributed by atoms with van der Waals surface area (Å²) >= 11 is 0. The summed E-state index contributed by atoms with van der Waals surface area (Å²) in [5, 5.41) is 17.3. The van der Waals surface area contributed by atoms with E-state index in [-0.39, 0.29) is 11.5 Å². The van der Waals surface area contributed by atoms with Crippen LogP contribution in [0.3, 0.4) is 0 Å². The second kappa shape index (κ2) is 4.84. The Balaban J connectivity index is 0.000000252. The molecule has 5 N–H and O–H groups in total. The molecule has 0 radical (unpaired) electrons. The van der Waals surface area contributed by atoms with E-state index < -0.39 is 7.82 Å². The molecule has 0 aliphatic carbocycles. The van der Waals surface area contributed by atoms with Crippen LogP contribution in [0.15, 0.2) is 24.3 Å². The molecule has 0 spiro atoms. The molecule has 7 heteroatoms. The van der Waals surface area contributed by atoms with Crippen molar-refractivity contribution in [3.05, 3.63) is 24.3 Å². The predicted octanol–water partition coefficient (Wildman–Crippen LogP) is 0.169. The van der Waals surface area contributed by atoms with Gasteiger partial charge < -0.3 is 24.9 Å². The lowest BCUT2D eigenvalue weighted by atomic mass is 10.3. The highest BCUT2D eigenvalue weighted by molar-refractivity contribution is 7.45. The zero-order valence-corrected chi connectivity index (χ0v) is 7.30. The highest BCUT2D eigenvalue weighted by Gasteiger charge is 2.00. The van der Waals surface area contributed by atoms with Crippen LogP contribution in [0, 0.1) is 0 Å². The van der Waals surface area contributed by atoms with Crippen LogP contribution in [-0.4, -0.2) is 24.9 Å². The molecule has 13 heavy (non-hydrogen) atoms. The first kappa shape index (κ1) is 11.9. The van der Waals surface area contributed by atoms with E-state index in [2.05, 4.69) is 0 Å². The van der Waals surface area contributed by atoms with Crippen LogP contribution in [0.4, 0.5) is 0 Å². The van der Waals surface area contributed by atoms with E-state index in [0.717, 1.165) is 0 Å². The maximum absolute atomic E-state index is 8.88. The fourth-order valence-electron chi connectivity index (χ4n) is 0.453. The number of rotatable bonds is 0. The molecule has 0 unspecified atom stereocenters. The van der Waals surface area contributed by atoms with E-state index in [9.17, 15) is 0 Å². The minimum atomic E-state index is -4.64. The summed E-state index contributed by atoms with van der Waals surface area (Å²) in [4.78, 5) is 21.6. The molecule has 0 atom stereocenters. The van der Waals surface area contributed by atoms with E-state index >= 15 is 0 Å². The summed E-state index contributed by atoms with van der Waals surface area (Å²) < 4.78 is 8.88. The highest BCUT2D eigenvalue weighted by atomic mass is 31.2. The fourth-order valence-corrected chi connectivity index (χ4v) is 0.453. The predicted molar refractivity (Wildman–Crippen MR) is 44.0 cm³/mol. The van der Waals surface area contributed by atoms with Gasteiger partial charge in [0.05, 0.1) is 0 Å². The molecule has 6 nitrogen and oxygen atoms in total. The summed E-state index contributed by atoms with van der Waals surface area (Å²) in [6.45, 7) is 0. The molecular weight excluding hydrogens is 199 g/mol. The van der Waals surface area contributed by atoms with Gasteiger partial charge in [-0.05, 0) is 24.3 Å². The Labute approximate surface area is 74.0 Å². The quantitative estimate of drug-likeness (QED) is 0.306. The zero-order valence-electron chi connectivity index (χ0n) is 6.40. The van der Waals surface area contributed by atoms with Crippen LogP contribution in [0.2, 0.25) is 0 Å². The topological polar surface area (TPSA) is 118 Å². The van der Waals surface area contributed by atoms with E-state index in [0.29, 0.717) is 0 Å². The lowest BCUT2D eigenvalue weighted by molar-refractivity contribution is 0.275. The summed E-state index contributed by atoms with van der Waals surface area (Å²) in [7, 11) is -4.64. The average Bonchev–Trinajstić information content (AvgIpc) is 1.92. The molecule has 0 fully saturated rings. The van der Waals surface area contributed by atoms with Crippen molar-refractivity contribution in [3.8, 4) is 11.5 Å². The van der Waals surface area contributed by atoms with Gasteiger partial charge in [-0.1, -0.05) is 0 Å². The van der Waals surface area contributed by atoms with Crippen LogP contribution in [-0.2, 0) is 4.57 Å². The summed E-state index contributed by atoms with van der Waals surface area (Å²) in [5.74, 6) is 0.339. The van der Waals surface area contributed by atoms with Gasteiger partial charge in [0, 0.05) is 0 Å². The van der Waals surface area contributed by atoms with E-state index in [1.54, 1.807) is 0 Å². The normalized spacial score (nSPS) is 10.1. The monoisotopic (exact) mass is 208 g/mol. The SMILES string of the molecule is O=P(O)(O)O.Oc1ccc(O)cc1. The number of hydrogen-bond donors (Lipinski definition) is 5. The Bertz CT molecular complexity index is 259. The Morgan fingerprint density at radius 2 is 1.00 bits per heavy atom. The molecule has 0 heterocycles. The Kier molecular flexibility index (Phi) is 4.44. The van der Waals surface area contributed by atoms with E-state index in [1.807, 2.05) is 0 Å². The lowest BCUT2D eigenvalue weighted by Crippen LogP contribution is -1.66. The van der Waals surface area contributed by atoms with Crippen LogP contribution >= 0.6 is 7.82 Å². The maximum Gasteiger partial charge on any atom is 0.466 e. The van der Waals surface area contributed by atoms with E-state index in [4.69, 9.17) is 29.5 Å². The fraction of sp³-hybridized carbons (Fsp3) is 0. The number of benzene rings is 1. The summed E-state index contributed by atoms with van der Waals surface area (Å²) in [5.41, 5.74) is 0. The number of aromatic hydroxyl groups is 2. The Hall–Kier alpha value is -1.07. The van der Waals surface area contributed by atoms with Crippen molar-refractivity contribution in [2.24, 2.45) is 0 Å². The van der Waals surface area contributed by atoms with Crippen LogP contribution in [0.25, 0.3) is 0 Å². The van der Waals surface area contributed by atoms with Gasteiger partial charge in [0.2, 0.25) is 0 Å². The van der Waals surface area contributed by atoms with Crippen molar-refractivity contribution in [2.75, 3.05) is 0 Å². The average molecular weight is 208 g/mol. The number of hydrogen-bond acceptors (Lipinski definition) is 3. The molecule has 0 saturated heterocycles. The number of phosphoric acid groups is 1. The maximum atomic E-state index is 8.88. The van der Waals surface area contributed by atoms with Crippen LogP contribution < -0.4 is 0 Å². The third-order valence-corrected chi connectivity index (χ3v) is 0.850. The van der Waals surface area contributed by atoms with Gasteiger partial charge >= 0.3 is 7.82 Å². The minimum Gasteiger partial charge on any atom is -0.508 e. The minimum absolute atomic E-state index is 0.169. The highest BCUT2D eigenvalue weighted by Crippen LogP contribution is 2.25. The van der Waals surface area contributed by atoms with E-state index in [1.165, 1.54) is 24.3 Å². The molecule has 74 valence electrons. The Morgan fingerprint density at radius 1 is 0.846 bits per heavy atom. The van der Waals surface area contributed by atoms with Gasteiger partial charge in [-0.15, -0.1) is 0 Å². The second-order valence-corrected chi connectivity index (χ2v) is 3.06. The molecule has 0 aliphatic rings. The zero-order chi connectivity index (χ0) is 10.5. The van der Waals surface area contributed by atoms with Gasteiger partial charge in [-0.2, -0.15) is 0 Å². The molecule has 0 amide bonds. The summed E-state index contributed by atoms with van der Waals surface area (Å²) in [6, 6.07) is 5.70. The van der Waals surface area contributed by atoms with Crippen LogP contribution in [0.1, 0.15) is 0 Å². The third kappa shape index (κ3) is 10.9. The first-order chi connectivity index (χ1) is 5.79. The smallest absolute Gasteiger partial charge is 0.466 e. The number of phenolic OH excluding ortho intramolecular Hbond substituents is 2. The van der Waals surface area contributed by atoms with Crippen molar-refractivity contribution < 1.29 is 29.5 Å². The van der Waals surface area contributed by atoms with Crippen molar-refractivity contribution in [3.63, 3.8) is 0 Å². The van der Waals surface area contributed by atoms with Crippen molar-refractivity contribution in [1.29, 1.82) is 0 Å². The van der Waals surface area contributed by atoms with Crippen LogP contribution in [0.5, 0.6) is 11.5 Å². The van der Waals surface area contributed by atoms with Gasteiger partial charge in [0.15, 0.2) is 0 Å². The number of phenols is 2. The molecule has 0 bridgehead atoms. The molecular formula is C6H9O6P. The molecule has 1 aromatic carbocycles. The molecule has 0 saturated carbocycles. The standard InChI is InChI=1S/C6H6O2.H3O4P/c7-5-1-2-6(8)4-3-5;1-5(2,3)4/h1-4,7-8H;(H3,1,2,3,4). The second-order valence-electron chi connectivity index (χ2n) is 2.03. The van der Waals surface area contributed by atoms with Crippen molar-refractivity contribution in [1.82, 2.24) is 0 Å². The molecule has 1 rings (SSSR count). The van der Waals surface area contributed by atoms with Crippen molar-refractivity contribution in [2.45, 2.75) is 0 Å². The third-order valence-electron chi connectivity index (χ3n) is 0.850. The lowest BCUT2D eigenvalue weighted by Gasteiger charge is -1.88. The molecule has 1 aromatic rings. The van der Waals surface area contributed by atoms with Crippen molar-refractivity contribution >= 4 is 7.82 Å². The van der Waals surface area contributed by atoms with Gasteiger partial charge in [0.25, 0.3) is 0 Å². The first-order valence-corrected chi connectivity index (χ1v) is 4.62. The first-order valence-electron chi connectivity index (χ1n) is 3.05.